The summed E-state index contributed by atoms with van der Waals surface area (Å²) in [5.41, 5.74) is -1.74. The van der Waals surface area contributed by atoms with Gasteiger partial charge in [0.2, 0.25) is 5.54 Å². The summed E-state index contributed by atoms with van der Waals surface area (Å²) >= 11 is 0. The van der Waals surface area contributed by atoms with Crippen LogP contribution in [0.3, 0.4) is 0 Å². The molecule has 1 saturated heterocycles. The molecule has 12 heavy (non-hydrogen) atoms. The van der Waals surface area contributed by atoms with Gasteiger partial charge in [0.05, 0.1) is 0 Å². The standard InChI is InChI=1S/C7H11NO4/c9-5(10)7(6(11)12)3-1-2-4-8-7/h8H,1-4H2,(H,9,10)(H,11,12). The number of aliphatic carboxylic acids is 2. The maximum Gasteiger partial charge on any atom is 0.335 e. The van der Waals surface area contributed by atoms with Crippen molar-refractivity contribution >= 4 is 11.9 Å². The second kappa shape index (κ2) is 3.10. The summed E-state index contributed by atoms with van der Waals surface area (Å²) < 4.78 is 0. The van der Waals surface area contributed by atoms with Gasteiger partial charge in [-0.05, 0) is 25.8 Å². The fourth-order valence-electron chi connectivity index (χ4n) is 1.36. The third-order valence-electron chi connectivity index (χ3n) is 2.14. The highest BCUT2D eigenvalue weighted by Crippen LogP contribution is 2.19. The van der Waals surface area contributed by atoms with E-state index in [9.17, 15) is 9.59 Å². The van der Waals surface area contributed by atoms with Gasteiger partial charge < -0.3 is 10.2 Å². The molecule has 5 nitrogen and oxygen atoms in total. The molecule has 5 heteroatoms. The first-order chi connectivity index (χ1) is 5.59. The normalized spacial score (nSPS) is 21.7. The minimum absolute atomic E-state index is 0.164. The summed E-state index contributed by atoms with van der Waals surface area (Å²) in [4.78, 5) is 21.3. The second-order valence-corrected chi connectivity index (χ2v) is 2.90. The third kappa shape index (κ3) is 1.27. The highest BCUT2D eigenvalue weighted by Gasteiger charge is 2.46. The topological polar surface area (TPSA) is 86.6 Å². The maximum absolute atomic E-state index is 10.7. The van der Waals surface area contributed by atoms with Gasteiger partial charge >= 0.3 is 11.9 Å². The van der Waals surface area contributed by atoms with Crippen molar-refractivity contribution in [1.29, 1.82) is 0 Å². The number of carbonyl (C=O) groups is 2. The third-order valence-corrected chi connectivity index (χ3v) is 2.14. The van der Waals surface area contributed by atoms with Crippen LogP contribution in [0.1, 0.15) is 19.3 Å². The van der Waals surface area contributed by atoms with Crippen LogP contribution in [0.4, 0.5) is 0 Å². The van der Waals surface area contributed by atoms with Gasteiger partial charge in [-0.15, -0.1) is 0 Å². The molecule has 0 aliphatic carbocycles. The Balaban J connectivity index is 2.84. The van der Waals surface area contributed by atoms with Crippen LogP contribution in [0.5, 0.6) is 0 Å². The number of piperidine rings is 1. The molecule has 1 aliphatic heterocycles. The molecular weight excluding hydrogens is 162 g/mol. The average Bonchev–Trinajstić information content (AvgIpc) is 2.05. The number of hydrogen-bond donors (Lipinski definition) is 3. The van der Waals surface area contributed by atoms with Crippen LogP contribution in [-0.4, -0.2) is 34.2 Å². The van der Waals surface area contributed by atoms with Gasteiger partial charge in [0.1, 0.15) is 0 Å². The van der Waals surface area contributed by atoms with Crippen LogP contribution < -0.4 is 5.32 Å². The molecular formula is C7H11NO4. The molecule has 1 fully saturated rings. The summed E-state index contributed by atoms with van der Waals surface area (Å²) in [6.07, 6.45) is 1.64. The summed E-state index contributed by atoms with van der Waals surface area (Å²) in [5.74, 6) is -2.59. The number of carboxylic acids is 2. The van der Waals surface area contributed by atoms with E-state index in [4.69, 9.17) is 10.2 Å². The molecule has 0 unspecified atom stereocenters. The van der Waals surface area contributed by atoms with Crippen molar-refractivity contribution < 1.29 is 19.8 Å². The number of rotatable bonds is 2. The molecule has 1 rings (SSSR count). The largest absolute Gasteiger partial charge is 0.479 e. The van der Waals surface area contributed by atoms with Gasteiger partial charge in [0, 0.05) is 0 Å². The predicted molar refractivity (Wildman–Crippen MR) is 39.9 cm³/mol. The molecule has 1 aliphatic rings. The summed E-state index contributed by atoms with van der Waals surface area (Å²) in [7, 11) is 0. The smallest absolute Gasteiger partial charge is 0.335 e. The van der Waals surface area contributed by atoms with E-state index in [0.29, 0.717) is 13.0 Å². The zero-order chi connectivity index (χ0) is 9.19. The molecule has 0 atom stereocenters. The monoisotopic (exact) mass is 173 g/mol. The molecule has 0 bridgehead atoms. The quantitative estimate of drug-likeness (QED) is 0.497. The predicted octanol–water partition coefficient (Wildman–Crippen LogP) is -0.332. The Bertz CT molecular complexity index is 191. The van der Waals surface area contributed by atoms with E-state index < -0.39 is 17.5 Å². The molecule has 0 amide bonds. The van der Waals surface area contributed by atoms with Crippen molar-refractivity contribution in [3.8, 4) is 0 Å². The van der Waals surface area contributed by atoms with Gasteiger partial charge in [-0.2, -0.15) is 0 Å². The van der Waals surface area contributed by atoms with Gasteiger partial charge in [-0.3, -0.25) is 5.32 Å². The molecule has 0 saturated carbocycles. The van der Waals surface area contributed by atoms with E-state index >= 15 is 0 Å². The molecule has 0 spiro atoms. The molecule has 0 radical (unpaired) electrons. The molecule has 1 heterocycles. The number of carboxylic acid groups (broad SMARTS) is 2. The zero-order valence-corrected chi connectivity index (χ0v) is 6.54. The van der Waals surface area contributed by atoms with E-state index in [0.717, 1.165) is 6.42 Å². The van der Waals surface area contributed by atoms with E-state index in [2.05, 4.69) is 5.32 Å². The lowest BCUT2D eigenvalue weighted by Gasteiger charge is -2.29. The molecule has 68 valence electrons. The maximum atomic E-state index is 10.7. The van der Waals surface area contributed by atoms with Crippen LogP contribution in [-0.2, 0) is 9.59 Å². The Morgan fingerprint density at radius 2 is 1.75 bits per heavy atom. The van der Waals surface area contributed by atoms with Crippen molar-refractivity contribution in [2.45, 2.75) is 24.8 Å². The highest BCUT2D eigenvalue weighted by atomic mass is 16.4. The molecule has 3 N–H and O–H groups in total. The zero-order valence-electron chi connectivity index (χ0n) is 6.54. The van der Waals surface area contributed by atoms with E-state index in [1.807, 2.05) is 0 Å². The first kappa shape index (κ1) is 8.99. The van der Waals surface area contributed by atoms with Gasteiger partial charge in [-0.25, -0.2) is 9.59 Å². The minimum atomic E-state index is -1.74. The van der Waals surface area contributed by atoms with Gasteiger partial charge in [0.25, 0.3) is 0 Å². The Kier molecular flexibility index (Phi) is 2.32. The lowest BCUT2D eigenvalue weighted by atomic mass is 9.89. The molecule has 0 aromatic carbocycles. The van der Waals surface area contributed by atoms with Crippen LogP contribution in [0, 0.1) is 0 Å². The van der Waals surface area contributed by atoms with Crippen molar-refractivity contribution in [1.82, 2.24) is 5.32 Å². The first-order valence-corrected chi connectivity index (χ1v) is 3.81. The summed E-state index contributed by atoms with van der Waals surface area (Å²) in [5, 5.41) is 20.0. The van der Waals surface area contributed by atoms with E-state index in [1.54, 1.807) is 0 Å². The SMILES string of the molecule is O=C(O)C1(C(=O)O)CCCCN1. The van der Waals surface area contributed by atoms with E-state index in [-0.39, 0.29) is 6.42 Å². The average molecular weight is 173 g/mol. The minimum Gasteiger partial charge on any atom is -0.479 e. The van der Waals surface area contributed by atoms with Crippen molar-refractivity contribution in [2.24, 2.45) is 0 Å². The van der Waals surface area contributed by atoms with E-state index in [1.165, 1.54) is 0 Å². The van der Waals surface area contributed by atoms with Crippen LogP contribution in [0.25, 0.3) is 0 Å². The molecule has 0 aromatic rings. The Hall–Kier alpha value is -1.10. The first-order valence-electron chi connectivity index (χ1n) is 3.81. The van der Waals surface area contributed by atoms with Gasteiger partial charge in [-0.1, -0.05) is 0 Å². The highest BCUT2D eigenvalue weighted by molar-refractivity contribution is 6.03. The lowest BCUT2D eigenvalue weighted by Crippen LogP contribution is -2.60. The number of nitrogens with one attached hydrogen (secondary N) is 1. The Morgan fingerprint density at radius 3 is 2.00 bits per heavy atom. The Labute approximate surface area is 69.4 Å². The summed E-state index contributed by atoms with van der Waals surface area (Å²) in [6, 6.07) is 0. The van der Waals surface area contributed by atoms with Crippen LogP contribution in [0.2, 0.25) is 0 Å². The van der Waals surface area contributed by atoms with Crippen LogP contribution >= 0.6 is 0 Å². The van der Waals surface area contributed by atoms with Crippen molar-refractivity contribution in [2.75, 3.05) is 6.54 Å². The van der Waals surface area contributed by atoms with Crippen molar-refractivity contribution in [3.63, 3.8) is 0 Å². The number of hydrogen-bond acceptors (Lipinski definition) is 3. The fraction of sp³-hybridized carbons (Fsp3) is 0.714. The van der Waals surface area contributed by atoms with Gasteiger partial charge in [0.15, 0.2) is 0 Å². The Morgan fingerprint density at radius 1 is 1.17 bits per heavy atom. The van der Waals surface area contributed by atoms with Crippen molar-refractivity contribution in [3.05, 3.63) is 0 Å². The molecule has 0 aromatic heterocycles. The lowest BCUT2D eigenvalue weighted by molar-refractivity contribution is -0.160. The van der Waals surface area contributed by atoms with Crippen LogP contribution in [0.15, 0.2) is 0 Å². The summed E-state index contributed by atoms with van der Waals surface area (Å²) in [6.45, 7) is 0.457. The fourth-order valence-corrected chi connectivity index (χ4v) is 1.36. The second-order valence-electron chi connectivity index (χ2n) is 2.90.